The molecule has 4 aliphatic rings. The van der Waals surface area contributed by atoms with Crippen molar-refractivity contribution >= 4 is 23.8 Å². The van der Waals surface area contributed by atoms with Crippen LogP contribution in [0.4, 0.5) is 0 Å². The van der Waals surface area contributed by atoms with Crippen molar-refractivity contribution in [1.29, 1.82) is 0 Å². The van der Waals surface area contributed by atoms with Gasteiger partial charge in [-0.2, -0.15) is 0 Å². The number of amides is 3. The minimum absolute atomic E-state index is 0.00510. The second-order valence-electron chi connectivity index (χ2n) is 10.8. The summed E-state index contributed by atoms with van der Waals surface area (Å²) < 4.78 is 0. The predicted octanol–water partition coefficient (Wildman–Crippen LogP) is 2.48. The summed E-state index contributed by atoms with van der Waals surface area (Å²) in [7, 11) is 0. The third kappa shape index (κ3) is 5.15. The van der Waals surface area contributed by atoms with E-state index in [0.717, 1.165) is 64.8 Å². The van der Waals surface area contributed by atoms with Crippen LogP contribution < -0.4 is 0 Å². The van der Waals surface area contributed by atoms with Crippen molar-refractivity contribution in [2.24, 2.45) is 11.3 Å². The number of hydrogen-bond donors (Lipinski definition) is 0. The van der Waals surface area contributed by atoms with E-state index >= 15 is 0 Å². The molecule has 0 aromatic heterocycles. The van der Waals surface area contributed by atoms with E-state index < -0.39 is 0 Å². The molecule has 2 atom stereocenters. The third-order valence-corrected chi connectivity index (χ3v) is 8.66. The molecule has 3 heterocycles. The van der Waals surface area contributed by atoms with Gasteiger partial charge >= 0.3 is 0 Å². The average molecular weight is 479 g/mol. The van der Waals surface area contributed by atoms with Crippen molar-refractivity contribution in [2.45, 2.75) is 45.1 Å². The molecule has 1 aromatic carbocycles. The number of nitrogens with zero attached hydrogens (tertiary/aromatic N) is 4. The van der Waals surface area contributed by atoms with E-state index in [-0.39, 0.29) is 29.2 Å². The van der Waals surface area contributed by atoms with Crippen LogP contribution in [0.5, 0.6) is 0 Å². The van der Waals surface area contributed by atoms with Gasteiger partial charge in [-0.25, -0.2) is 0 Å². The molecule has 7 heteroatoms. The zero-order chi connectivity index (χ0) is 24.4. The van der Waals surface area contributed by atoms with Gasteiger partial charge < -0.3 is 14.7 Å². The van der Waals surface area contributed by atoms with Crippen molar-refractivity contribution in [3.63, 3.8) is 0 Å². The van der Waals surface area contributed by atoms with Crippen LogP contribution in [-0.4, -0.2) is 95.7 Å². The lowest BCUT2D eigenvalue weighted by molar-refractivity contribution is -0.144. The maximum atomic E-state index is 13.3. The van der Waals surface area contributed by atoms with Crippen molar-refractivity contribution in [3.8, 4) is 0 Å². The summed E-state index contributed by atoms with van der Waals surface area (Å²) >= 11 is 0. The van der Waals surface area contributed by atoms with Crippen molar-refractivity contribution in [2.75, 3.05) is 52.4 Å². The van der Waals surface area contributed by atoms with Crippen LogP contribution in [0.3, 0.4) is 0 Å². The Morgan fingerprint density at radius 2 is 1.60 bits per heavy atom. The molecule has 0 radical (unpaired) electrons. The Labute approximate surface area is 208 Å². The molecular weight excluding hydrogens is 440 g/mol. The molecule has 1 spiro atoms. The average Bonchev–Trinajstić information content (AvgIpc) is 3.33. The van der Waals surface area contributed by atoms with Gasteiger partial charge in [0.15, 0.2) is 0 Å². The molecule has 1 aromatic rings. The van der Waals surface area contributed by atoms with Gasteiger partial charge in [0.05, 0.1) is 0 Å². The number of carbonyl (C=O) groups excluding carboxylic acids is 3. The van der Waals surface area contributed by atoms with Crippen LogP contribution >= 0.6 is 0 Å². The van der Waals surface area contributed by atoms with Gasteiger partial charge in [0.25, 0.3) is 0 Å². The van der Waals surface area contributed by atoms with Crippen LogP contribution in [0, 0.1) is 11.3 Å². The van der Waals surface area contributed by atoms with Crippen LogP contribution in [0.25, 0.3) is 6.08 Å². The molecular formula is C28H38N4O3. The summed E-state index contributed by atoms with van der Waals surface area (Å²) in [6.45, 7) is 8.03. The van der Waals surface area contributed by atoms with Gasteiger partial charge in [-0.1, -0.05) is 42.5 Å². The molecule has 5 rings (SSSR count). The Kier molecular flexibility index (Phi) is 6.96. The van der Waals surface area contributed by atoms with E-state index in [1.54, 1.807) is 11.8 Å². The molecule has 0 bridgehead atoms. The van der Waals surface area contributed by atoms with E-state index in [0.29, 0.717) is 25.5 Å². The Balaban J connectivity index is 1.06. The van der Waals surface area contributed by atoms with Crippen LogP contribution in [0.2, 0.25) is 0 Å². The lowest BCUT2D eigenvalue weighted by Gasteiger charge is -2.37. The first-order valence-electron chi connectivity index (χ1n) is 13.3. The summed E-state index contributed by atoms with van der Waals surface area (Å²) in [6, 6.07) is 10.1. The molecule has 0 N–H and O–H groups in total. The number of hydrogen-bond acceptors (Lipinski definition) is 4. The zero-order valence-corrected chi connectivity index (χ0v) is 20.9. The maximum absolute atomic E-state index is 13.3. The largest absolute Gasteiger partial charge is 0.341 e. The third-order valence-electron chi connectivity index (χ3n) is 8.66. The molecule has 7 nitrogen and oxygen atoms in total. The van der Waals surface area contributed by atoms with E-state index in [9.17, 15) is 14.4 Å². The standard InChI is InChI=1S/C28H38N4O3/c1-22(33)32-14-6-10-25(32)27(35)30-15-11-28(12-16-30)21-24(28)26(34)31-19-17-29(18-20-31)13-5-9-23-7-3-2-4-8-23/h2-5,7-9,24-25H,6,10-21H2,1H3/t24?,25-/m0/s1. The summed E-state index contributed by atoms with van der Waals surface area (Å²) in [5.41, 5.74) is 1.31. The molecule has 1 saturated carbocycles. The fraction of sp³-hybridized carbons (Fsp3) is 0.607. The van der Waals surface area contributed by atoms with E-state index in [4.69, 9.17) is 0 Å². The highest BCUT2D eigenvalue weighted by molar-refractivity contribution is 5.88. The van der Waals surface area contributed by atoms with Gasteiger partial charge in [-0.05, 0) is 43.1 Å². The number of benzene rings is 1. The van der Waals surface area contributed by atoms with Crippen LogP contribution in [-0.2, 0) is 14.4 Å². The second-order valence-corrected chi connectivity index (χ2v) is 10.8. The minimum atomic E-state index is -0.281. The number of likely N-dealkylation sites (tertiary alicyclic amines) is 2. The topological polar surface area (TPSA) is 64.2 Å². The molecule has 1 unspecified atom stereocenters. The number of piperidine rings is 1. The van der Waals surface area contributed by atoms with Gasteiger partial charge in [0.1, 0.15) is 6.04 Å². The zero-order valence-electron chi connectivity index (χ0n) is 20.9. The predicted molar refractivity (Wildman–Crippen MR) is 135 cm³/mol. The minimum Gasteiger partial charge on any atom is -0.341 e. The highest BCUT2D eigenvalue weighted by Gasteiger charge is 2.59. The van der Waals surface area contributed by atoms with Crippen molar-refractivity contribution < 1.29 is 14.4 Å². The second kappa shape index (κ2) is 10.1. The highest BCUT2D eigenvalue weighted by Crippen LogP contribution is 2.60. The lowest BCUT2D eigenvalue weighted by Crippen LogP contribution is -2.51. The van der Waals surface area contributed by atoms with Gasteiger partial charge in [0.2, 0.25) is 17.7 Å². The summed E-state index contributed by atoms with van der Waals surface area (Å²) in [5, 5.41) is 0. The van der Waals surface area contributed by atoms with Gasteiger partial charge in [-0.15, -0.1) is 0 Å². The van der Waals surface area contributed by atoms with Crippen LogP contribution in [0.15, 0.2) is 36.4 Å². The molecule has 3 aliphatic heterocycles. The quantitative estimate of drug-likeness (QED) is 0.652. The van der Waals surface area contributed by atoms with Gasteiger partial charge in [0, 0.05) is 65.2 Å². The molecule has 188 valence electrons. The summed E-state index contributed by atoms with van der Waals surface area (Å²) in [6.07, 6.45) is 8.83. The Hall–Kier alpha value is -2.67. The smallest absolute Gasteiger partial charge is 0.245 e. The SMILES string of the molecule is CC(=O)N1CCC[C@H]1C(=O)N1CCC2(CC1)CC2C(=O)N1CCN(CC=Cc2ccccc2)CC1. The van der Waals surface area contributed by atoms with Crippen molar-refractivity contribution in [1.82, 2.24) is 19.6 Å². The molecule has 1 aliphatic carbocycles. The van der Waals surface area contributed by atoms with E-state index in [2.05, 4.69) is 34.1 Å². The molecule has 3 amide bonds. The molecule has 3 saturated heterocycles. The first-order valence-corrected chi connectivity index (χ1v) is 13.3. The first kappa shape index (κ1) is 24.0. The first-order chi connectivity index (χ1) is 17.0. The van der Waals surface area contributed by atoms with Crippen LogP contribution in [0.1, 0.15) is 44.6 Å². The molecule has 35 heavy (non-hydrogen) atoms. The van der Waals surface area contributed by atoms with E-state index in [1.165, 1.54) is 5.56 Å². The normalized spacial score (nSPS) is 26.5. The number of carbonyl (C=O) groups is 3. The monoisotopic (exact) mass is 478 g/mol. The fourth-order valence-electron chi connectivity index (χ4n) is 6.31. The fourth-order valence-corrected chi connectivity index (χ4v) is 6.31. The number of rotatable bonds is 5. The van der Waals surface area contributed by atoms with E-state index in [1.807, 2.05) is 23.1 Å². The summed E-state index contributed by atoms with van der Waals surface area (Å²) in [4.78, 5) is 46.3. The molecule has 4 fully saturated rings. The Bertz CT molecular complexity index is 962. The maximum Gasteiger partial charge on any atom is 0.245 e. The summed E-state index contributed by atoms with van der Waals surface area (Å²) in [5.74, 6) is 0.551. The lowest BCUT2D eigenvalue weighted by atomic mass is 9.90. The highest BCUT2D eigenvalue weighted by atomic mass is 16.2. The Morgan fingerprint density at radius 1 is 0.914 bits per heavy atom. The number of piperazine rings is 1. The Morgan fingerprint density at radius 3 is 2.29 bits per heavy atom. The van der Waals surface area contributed by atoms with Gasteiger partial charge in [-0.3, -0.25) is 19.3 Å². The van der Waals surface area contributed by atoms with Crippen molar-refractivity contribution in [3.05, 3.63) is 42.0 Å².